The van der Waals surface area contributed by atoms with Gasteiger partial charge in [0.15, 0.2) is 0 Å². The van der Waals surface area contributed by atoms with Gasteiger partial charge in [-0.2, -0.15) is 0 Å². The van der Waals surface area contributed by atoms with Crippen LogP contribution in [0.1, 0.15) is 103 Å². The molecule has 0 amide bonds. The summed E-state index contributed by atoms with van der Waals surface area (Å²) in [6.07, 6.45) is 19.5. The molecule has 0 aromatic heterocycles. The Morgan fingerprint density at radius 3 is 1.39 bits per heavy atom. The highest BCUT2D eigenvalue weighted by Crippen LogP contribution is 2.13. The fraction of sp³-hybridized carbons (Fsp3) is 0.944. The Hall–Kier alpha value is -0.730. The van der Waals surface area contributed by atoms with Gasteiger partial charge in [0.05, 0.1) is 0 Å². The van der Waals surface area contributed by atoms with E-state index in [1.165, 1.54) is 77.0 Å². The van der Waals surface area contributed by atoms with Gasteiger partial charge in [-0.3, -0.25) is 4.79 Å². The van der Waals surface area contributed by atoms with Gasteiger partial charge < -0.3 is 0 Å². The van der Waals surface area contributed by atoms with Gasteiger partial charge in [0, 0.05) is 17.9 Å². The molecule has 0 unspecified atom stereocenters. The quantitative estimate of drug-likeness (QED) is 0.0845. The molecule has 0 radical (unpaired) electrons. The Labute approximate surface area is 147 Å². The fourth-order valence-electron chi connectivity index (χ4n) is 2.79. The maximum absolute atomic E-state index is 10.6. The number of hydrogen-bond donors (Lipinski definition) is 0. The molecule has 5 heteroatoms. The van der Waals surface area contributed by atoms with Crippen molar-refractivity contribution < 1.29 is 4.79 Å². The Bertz CT molecular complexity index is 301. The highest BCUT2D eigenvalue weighted by Gasteiger charge is 1.97. The average Bonchev–Trinajstić information content (AvgIpc) is 2.53. The molecule has 0 aliphatic rings. The second-order valence-corrected chi connectivity index (χ2v) is 6.78. The first-order chi connectivity index (χ1) is 11.3. The molecular formula is C18H34ClN3O. The normalized spacial score (nSPS) is 10.5. The summed E-state index contributed by atoms with van der Waals surface area (Å²) in [5.41, 5.74) is 8.15. The van der Waals surface area contributed by atoms with Crippen molar-refractivity contribution in [3.8, 4) is 0 Å². The molecule has 0 spiro atoms. The highest BCUT2D eigenvalue weighted by atomic mass is 35.5. The van der Waals surface area contributed by atoms with Crippen molar-refractivity contribution in [1.82, 2.24) is 0 Å². The van der Waals surface area contributed by atoms with Crippen LogP contribution in [-0.2, 0) is 4.79 Å². The molecule has 0 bridgehead atoms. The van der Waals surface area contributed by atoms with E-state index in [-0.39, 0.29) is 5.24 Å². The predicted octanol–water partition coefficient (Wildman–Crippen LogP) is 7.30. The van der Waals surface area contributed by atoms with Crippen LogP contribution in [-0.4, -0.2) is 11.8 Å². The molecule has 0 aromatic carbocycles. The summed E-state index contributed by atoms with van der Waals surface area (Å²) in [6.45, 7) is 0.654. The molecule has 0 fully saturated rings. The van der Waals surface area contributed by atoms with E-state index in [1.807, 2.05) is 0 Å². The van der Waals surface area contributed by atoms with Crippen molar-refractivity contribution in [3.63, 3.8) is 0 Å². The van der Waals surface area contributed by atoms with Crippen LogP contribution in [0.4, 0.5) is 0 Å². The zero-order chi connectivity index (χ0) is 17.0. The average molecular weight is 344 g/mol. The molecule has 0 aromatic rings. The second kappa shape index (κ2) is 19.3. The smallest absolute Gasteiger partial charge is 0.221 e. The lowest BCUT2D eigenvalue weighted by Crippen LogP contribution is -1.86. The third-order valence-electron chi connectivity index (χ3n) is 4.19. The van der Waals surface area contributed by atoms with Gasteiger partial charge in [-0.25, -0.2) is 0 Å². The summed E-state index contributed by atoms with van der Waals surface area (Å²) in [6, 6.07) is 0. The number of carbonyl (C=O) groups excluding carboxylic acids is 1. The molecule has 0 saturated carbocycles. The Morgan fingerprint density at radius 1 is 0.696 bits per heavy atom. The van der Waals surface area contributed by atoms with E-state index < -0.39 is 0 Å². The molecule has 4 nitrogen and oxygen atoms in total. The lowest BCUT2D eigenvalue weighted by Gasteiger charge is -2.03. The standard InChI is InChI=1S/C18H34ClN3O/c19-18(23)16-14-12-10-8-6-4-2-1-3-5-7-9-11-13-15-17-21-22-20/h1-17H2. The monoisotopic (exact) mass is 343 g/mol. The maximum atomic E-state index is 10.6. The van der Waals surface area contributed by atoms with Gasteiger partial charge in [-0.15, -0.1) is 0 Å². The zero-order valence-electron chi connectivity index (χ0n) is 14.6. The van der Waals surface area contributed by atoms with Crippen molar-refractivity contribution in [2.45, 2.75) is 103 Å². The summed E-state index contributed by atoms with van der Waals surface area (Å²) in [4.78, 5) is 13.3. The lowest BCUT2D eigenvalue weighted by atomic mass is 10.0. The van der Waals surface area contributed by atoms with Gasteiger partial charge in [-0.05, 0) is 30.0 Å². The number of unbranched alkanes of at least 4 members (excludes halogenated alkanes) is 14. The van der Waals surface area contributed by atoms with E-state index in [1.54, 1.807) is 0 Å². The first kappa shape index (κ1) is 22.3. The van der Waals surface area contributed by atoms with E-state index in [0.717, 1.165) is 19.3 Å². The number of nitrogens with zero attached hydrogens (tertiary/aromatic N) is 3. The summed E-state index contributed by atoms with van der Waals surface area (Å²) in [5.74, 6) is 0. The molecule has 0 heterocycles. The zero-order valence-corrected chi connectivity index (χ0v) is 15.4. The third-order valence-corrected chi connectivity index (χ3v) is 4.38. The first-order valence-corrected chi connectivity index (χ1v) is 9.84. The molecule has 0 aliphatic heterocycles. The predicted molar refractivity (Wildman–Crippen MR) is 98.7 cm³/mol. The topological polar surface area (TPSA) is 65.8 Å². The molecule has 0 aliphatic carbocycles. The minimum Gasteiger partial charge on any atom is -0.281 e. The number of rotatable bonds is 18. The van der Waals surface area contributed by atoms with Crippen molar-refractivity contribution >= 4 is 16.8 Å². The van der Waals surface area contributed by atoms with Crippen LogP contribution in [0.2, 0.25) is 0 Å². The van der Waals surface area contributed by atoms with Crippen molar-refractivity contribution in [2.24, 2.45) is 5.11 Å². The third kappa shape index (κ3) is 21.3. The Morgan fingerprint density at radius 2 is 1.04 bits per heavy atom. The maximum Gasteiger partial charge on any atom is 0.221 e. The summed E-state index contributed by atoms with van der Waals surface area (Å²) in [5, 5.41) is 3.35. The van der Waals surface area contributed by atoms with Crippen LogP contribution in [0.15, 0.2) is 5.11 Å². The van der Waals surface area contributed by atoms with E-state index >= 15 is 0 Å². The van der Waals surface area contributed by atoms with Crippen molar-refractivity contribution in [2.75, 3.05) is 6.54 Å². The largest absolute Gasteiger partial charge is 0.281 e. The molecule has 23 heavy (non-hydrogen) atoms. The van der Waals surface area contributed by atoms with Gasteiger partial charge in [0.2, 0.25) is 5.24 Å². The van der Waals surface area contributed by atoms with E-state index in [9.17, 15) is 4.79 Å². The molecule has 0 N–H and O–H groups in total. The molecular weight excluding hydrogens is 310 g/mol. The van der Waals surface area contributed by atoms with Crippen molar-refractivity contribution in [3.05, 3.63) is 10.4 Å². The molecule has 0 saturated heterocycles. The minimum atomic E-state index is -0.196. The highest BCUT2D eigenvalue weighted by molar-refractivity contribution is 6.63. The Balaban J connectivity index is 3.00. The van der Waals surface area contributed by atoms with Gasteiger partial charge in [0.25, 0.3) is 0 Å². The van der Waals surface area contributed by atoms with E-state index in [2.05, 4.69) is 10.0 Å². The number of halogens is 1. The van der Waals surface area contributed by atoms with Crippen LogP contribution in [0.25, 0.3) is 10.4 Å². The van der Waals surface area contributed by atoms with Crippen molar-refractivity contribution in [1.29, 1.82) is 0 Å². The SMILES string of the molecule is [N-]=[N+]=NCCCCCCCCCCCCCCCCCC(=O)Cl. The number of azide groups is 1. The number of hydrogen-bond acceptors (Lipinski definition) is 2. The number of carbonyl (C=O) groups is 1. The van der Waals surface area contributed by atoms with Crippen LogP contribution in [0.5, 0.6) is 0 Å². The summed E-state index contributed by atoms with van der Waals surface area (Å²) < 4.78 is 0. The van der Waals surface area contributed by atoms with Crippen LogP contribution < -0.4 is 0 Å². The fourth-order valence-corrected chi connectivity index (χ4v) is 2.92. The summed E-state index contributed by atoms with van der Waals surface area (Å²) in [7, 11) is 0. The second-order valence-electron chi connectivity index (χ2n) is 6.36. The van der Waals surface area contributed by atoms with Crippen LogP contribution in [0, 0.1) is 0 Å². The van der Waals surface area contributed by atoms with Crippen LogP contribution in [0.3, 0.4) is 0 Å². The van der Waals surface area contributed by atoms with Gasteiger partial charge >= 0.3 is 0 Å². The van der Waals surface area contributed by atoms with Crippen LogP contribution >= 0.6 is 11.6 Å². The Kier molecular flexibility index (Phi) is 18.7. The lowest BCUT2D eigenvalue weighted by molar-refractivity contribution is -0.111. The van der Waals surface area contributed by atoms with Gasteiger partial charge in [0.1, 0.15) is 0 Å². The van der Waals surface area contributed by atoms with Gasteiger partial charge in [-0.1, -0.05) is 88.6 Å². The van der Waals surface area contributed by atoms with E-state index in [4.69, 9.17) is 17.1 Å². The molecule has 0 rings (SSSR count). The summed E-state index contributed by atoms with van der Waals surface area (Å²) >= 11 is 5.30. The molecule has 134 valence electrons. The first-order valence-electron chi connectivity index (χ1n) is 9.46. The van der Waals surface area contributed by atoms with E-state index in [0.29, 0.717) is 13.0 Å². The minimum absolute atomic E-state index is 0.196. The molecule has 0 atom stereocenters.